The van der Waals surface area contributed by atoms with Crippen molar-refractivity contribution in [2.24, 2.45) is 0 Å². The van der Waals surface area contributed by atoms with Gasteiger partial charge in [0.25, 0.3) is 0 Å². The molecule has 10 heteroatoms. The maximum atomic E-state index is 12.2. The monoisotopic (exact) mass is 567 g/mol. The molecule has 0 saturated carbocycles. The Bertz CT molecular complexity index is 834. The fourth-order valence-corrected chi connectivity index (χ4v) is 5.02. The summed E-state index contributed by atoms with van der Waals surface area (Å²) in [5.74, 6) is 1.75. The lowest BCUT2D eigenvalue weighted by Crippen LogP contribution is -2.38. The number of carbonyl (C=O) groups excluding carboxylic acids is 3. The molecule has 39 heavy (non-hydrogen) atoms. The van der Waals surface area contributed by atoms with Gasteiger partial charge in [-0.05, 0) is 32.6 Å². The Balaban J connectivity index is 1.32. The Morgan fingerprint density at radius 2 is 1.46 bits per heavy atom. The number of nitrogens with one attached hydrogen (secondary N) is 2. The second-order valence-corrected chi connectivity index (χ2v) is 11.1. The third kappa shape index (κ3) is 15.6. The van der Waals surface area contributed by atoms with E-state index in [-0.39, 0.29) is 18.7 Å². The van der Waals surface area contributed by atoms with Gasteiger partial charge in [-0.2, -0.15) is 0 Å². The summed E-state index contributed by atoms with van der Waals surface area (Å²) in [6.45, 7) is 4.20. The highest BCUT2D eigenvalue weighted by atomic mass is 32.1. The standard InChI is InChI=1S/C29H49N3O6S/c1-24(33)16-12-8-6-4-3-5-7-11-15-19-32(2)28(34)30-17-13-9-10-14-18-31-29(35)37-21-25-20-36-26-22-39-23-27(26)38-25/h22-23,25H,3-21H2,1-2H3,(H,30,34)(H,31,35). The number of rotatable bonds is 21. The molecule has 0 radical (unpaired) electrons. The summed E-state index contributed by atoms with van der Waals surface area (Å²) in [6.07, 6.45) is 14.4. The Kier molecular flexibility index (Phi) is 17.1. The molecule has 1 atom stereocenters. The first kappa shape index (κ1) is 32.7. The van der Waals surface area contributed by atoms with Gasteiger partial charge in [-0.15, -0.1) is 11.3 Å². The van der Waals surface area contributed by atoms with Crippen LogP contribution in [-0.4, -0.2) is 68.8 Å². The molecule has 0 fully saturated rings. The molecule has 1 aliphatic heterocycles. The predicted molar refractivity (Wildman–Crippen MR) is 155 cm³/mol. The number of nitrogens with zero attached hydrogens (tertiary/aromatic N) is 1. The van der Waals surface area contributed by atoms with Gasteiger partial charge in [0.15, 0.2) is 17.6 Å². The lowest BCUT2D eigenvalue weighted by Gasteiger charge is -2.24. The van der Waals surface area contributed by atoms with Gasteiger partial charge in [-0.25, -0.2) is 9.59 Å². The van der Waals surface area contributed by atoms with Crippen LogP contribution in [0.2, 0.25) is 0 Å². The summed E-state index contributed by atoms with van der Waals surface area (Å²) in [7, 11) is 1.86. The number of unbranched alkanes of at least 4 members (excludes halogenated alkanes) is 11. The largest absolute Gasteiger partial charge is 0.485 e. The minimum atomic E-state index is -0.442. The first-order valence-electron chi connectivity index (χ1n) is 14.7. The molecule has 0 aromatic carbocycles. The normalized spacial score (nSPS) is 14.1. The topological polar surface area (TPSA) is 106 Å². The highest BCUT2D eigenvalue weighted by Gasteiger charge is 2.23. The van der Waals surface area contributed by atoms with Gasteiger partial charge in [-0.3, -0.25) is 0 Å². The predicted octanol–water partition coefficient (Wildman–Crippen LogP) is 6.31. The number of alkyl carbamates (subject to hydrolysis) is 1. The molecule has 222 valence electrons. The quantitative estimate of drug-likeness (QED) is 0.169. The molecule has 1 aliphatic rings. The van der Waals surface area contributed by atoms with Crippen LogP contribution in [0.1, 0.15) is 96.8 Å². The number of ether oxygens (including phenoxy) is 3. The molecule has 1 aromatic heterocycles. The average molecular weight is 568 g/mol. The van der Waals surface area contributed by atoms with Crippen molar-refractivity contribution < 1.29 is 28.6 Å². The van der Waals surface area contributed by atoms with E-state index in [4.69, 9.17) is 14.2 Å². The molecule has 2 N–H and O–H groups in total. The van der Waals surface area contributed by atoms with Gasteiger partial charge in [0.2, 0.25) is 0 Å². The third-order valence-corrected chi connectivity index (χ3v) is 7.43. The van der Waals surface area contributed by atoms with Crippen LogP contribution < -0.4 is 20.1 Å². The molecular formula is C29H49N3O6S. The zero-order chi connectivity index (χ0) is 28.1. The molecule has 0 spiro atoms. The van der Waals surface area contributed by atoms with Crippen LogP contribution in [-0.2, 0) is 9.53 Å². The van der Waals surface area contributed by atoms with E-state index in [1.54, 1.807) is 11.8 Å². The summed E-state index contributed by atoms with van der Waals surface area (Å²) >= 11 is 1.51. The van der Waals surface area contributed by atoms with Crippen molar-refractivity contribution in [3.05, 3.63) is 10.8 Å². The van der Waals surface area contributed by atoms with Crippen LogP contribution in [0.4, 0.5) is 9.59 Å². The van der Waals surface area contributed by atoms with Crippen molar-refractivity contribution in [1.82, 2.24) is 15.5 Å². The van der Waals surface area contributed by atoms with Crippen molar-refractivity contribution in [3.63, 3.8) is 0 Å². The minimum Gasteiger partial charge on any atom is -0.485 e. The maximum absolute atomic E-state index is 12.2. The van der Waals surface area contributed by atoms with Crippen LogP contribution in [0.3, 0.4) is 0 Å². The number of fused-ring (bicyclic) bond motifs is 1. The Hall–Kier alpha value is -2.49. The van der Waals surface area contributed by atoms with Crippen LogP contribution in [0, 0.1) is 0 Å². The van der Waals surface area contributed by atoms with Gasteiger partial charge in [0.05, 0.1) is 0 Å². The van der Waals surface area contributed by atoms with E-state index in [0.717, 1.165) is 70.1 Å². The van der Waals surface area contributed by atoms with E-state index >= 15 is 0 Å². The van der Waals surface area contributed by atoms with E-state index in [9.17, 15) is 14.4 Å². The molecule has 2 rings (SSSR count). The van der Waals surface area contributed by atoms with Crippen LogP contribution in [0.25, 0.3) is 0 Å². The zero-order valence-electron chi connectivity index (χ0n) is 24.0. The molecule has 2 heterocycles. The van der Waals surface area contributed by atoms with Gasteiger partial charge < -0.3 is 34.5 Å². The number of thiophene rings is 1. The van der Waals surface area contributed by atoms with Gasteiger partial charge in [-0.1, -0.05) is 57.8 Å². The molecular weight excluding hydrogens is 518 g/mol. The number of carbonyl (C=O) groups is 3. The molecule has 9 nitrogen and oxygen atoms in total. The Labute approximate surface area is 238 Å². The van der Waals surface area contributed by atoms with Crippen molar-refractivity contribution >= 4 is 29.2 Å². The summed E-state index contributed by atoms with van der Waals surface area (Å²) < 4.78 is 16.5. The van der Waals surface area contributed by atoms with Crippen LogP contribution in [0.5, 0.6) is 11.5 Å². The van der Waals surface area contributed by atoms with Crippen LogP contribution in [0.15, 0.2) is 10.8 Å². The number of Topliss-reactive ketones (excluding diaryl/α,β-unsaturated/α-hetero) is 1. The molecule has 0 aliphatic carbocycles. The summed E-state index contributed by atoms with van der Waals surface area (Å²) in [6, 6.07) is -0.00691. The van der Waals surface area contributed by atoms with E-state index < -0.39 is 6.09 Å². The Morgan fingerprint density at radius 3 is 2.15 bits per heavy atom. The summed E-state index contributed by atoms with van der Waals surface area (Å²) in [5.41, 5.74) is 0. The van der Waals surface area contributed by atoms with Gasteiger partial charge >= 0.3 is 12.1 Å². The SMILES string of the molecule is CC(=O)CCCCCCCCCCCN(C)C(=O)NCCCCCCNC(=O)OCC1COc2cscc2O1. The lowest BCUT2D eigenvalue weighted by molar-refractivity contribution is -0.117. The summed E-state index contributed by atoms with van der Waals surface area (Å²) in [5, 5.41) is 9.52. The maximum Gasteiger partial charge on any atom is 0.407 e. The highest BCUT2D eigenvalue weighted by molar-refractivity contribution is 7.08. The van der Waals surface area contributed by atoms with Crippen molar-refractivity contribution in [2.75, 3.05) is 39.9 Å². The second kappa shape index (κ2) is 20.4. The first-order valence-corrected chi connectivity index (χ1v) is 15.6. The van der Waals surface area contributed by atoms with E-state index in [0.29, 0.717) is 31.2 Å². The number of hydrogen-bond donors (Lipinski definition) is 2. The van der Waals surface area contributed by atoms with Gasteiger partial charge in [0.1, 0.15) is 19.0 Å². The molecule has 0 saturated heterocycles. The fourth-order valence-electron chi connectivity index (χ4n) is 4.35. The smallest absolute Gasteiger partial charge is 0.407 e. The molecule has 1 aromatic rings. The second-order valence-electron chi connectivity index (χ2n) is 10.4. The molecule has 1 unspecified atom stereocenters. The zero-order valence-corrected chi connectivity index (χ0v) is 24.8. The first-order chi connectivity index (χ1) is 19.0. The molecule has 0 bridgehead atoms. The highest BCUT2D eigenvalue weighted by Crippen LogP contribution is 2.35. The van der Waals surface area contributed by atoms with Crippen molar-refractivity contribution in [2.45, 2.75) is 103 Å². The average Bonchev–Trinajstić information content (AvgIpc) is 3.39. The number of urea groups is 1. The number of amides is 3. The van der Waals surface area contributed by atoms with E-state index in [2.05, 4.69) is 10.6 Å². The van der Waals surface area contributed by atoms with Crippen LogP contribution >= 0.6 is 11.3 Å². The molecule has 3 amide bonds. The minimum absolute atomic E-state index is 0.00691. The van der Waals surface area contributed by atoms with Gasteiger partial charge in [0, 0.05) is 43.9 Å². The summed E-state index contributed by atoms with van der Waals surface area (Å²) in [4.78, 5) is 36.8. The number of hydrogen-bond acceptors (Lipinski definition) is 7. The lowest BCUT2D eigenvalue weighted by atomic mass is 10.1. The Morgan fingerprint density at radius 1 is 0.872 bits per heavy atom. The van der Waals surface area contributed by atoms with Crippen molar-refractivity contribution in [1.29, 1.82) is 0 Å². The fraction of sp³-hybridized carbons (Fsp3) is 0.759. The van der Waals surface area contributed by atoms with E-state index in [1.807, 2.05) is 17.8 Å². The van der Waals surface area contributed by atoms with Crippen molar-refractivity contribution in [3.8, 4) is 11.5 Å². The third-order valence-electron chi connectivity index (χ3n) is 6.73. The van der Waals surface area contributed by atoms with E-state index in [1.165, 1.54) is 43.4 Å². The number of ketones is 1.